The monoisotopic (exact) mass is 421 g/mol. The van der Waals surface area contributed by atoms with Crippen LogP contribution in [0.2, 0.25) is 0 Å². The van der Waals surface area contributed by atoms with Gasteiger partial charge in [-0.1, -0.05) is 19.9 Å². The van der Waals surface area contributed by atoms with Gasteiger partial charge in [-0.05, 0) is 48.5 Å². The molecule has 29 heavy (non-hydrogen) atoms. The van der Waals surface area contributed by atoms with Crippen molar-refractivity contribution in [1.82, 2.24) is 9.80 Å². The summed E-state index contributed by atoms with van der Waals surface area (Å²) in [5, 5.41) is 4.33. The summed E-state index contributed by atoms with van der Waals surface area (Å²) in [6.45, 7) is 4.99. The molecule has 3 rings (SSSR count). The van der Waals surface area contributed by atoms with Gasteiger partial charge in [-0.3, -0.25) is 14.5 Å². The van der Waals surface area contributed by atoms with Crippen LogP contribution in [0.3, 0.4) is 0 Å². The number of amides is 2. The smallest absolute Gasteiger partial charge is 0.238 e. The number of nitrogens with zero attached hydrogens (tertiary/aromatic N) is 2. The van der Waals surface area contributed by atoms with Gasteiger partial charge in [0.2, 0.25) is 11.8 Å². The first kappa shape index (κ1) is 21.4. The van der Waals surface area contributed by atoms with Gasteiger partial charge in [0.1, 0.15) is 17.3 Å². The summed E-state index contributed by atoms with van der Waals surface area (Å²) in [5.41, 5.74) is 0.750. The highest BCUT2D eigenvalue weighted by Gasteiger charge is 2.31. The topological polar surface area (TPSA) is 52.7 Å². The predicted molar refractivity (Wildman–Crippen MR) is 110 cm³/mol. The first-order valence-electron chi connectivity index (χ1n) is 9.76. The van der Waals surface area contributed by atoms with Crippen molar-refractivity contribution >= 4 is 28.8 Å². The quantitative estimate of drug-likeness (QED) is 0.740. The molecule has 0 bridgehead atoms. The van der Waals surface area contributed by atoms with Gasteiger partial charge in [0.15, 0.2) is 0 Å². The number of hydrogen-bond acceptors (Lipinski definition) is 4. The highest BCUT2D eigenvalue weighted by atomic mass is 32.1. The van der Waals surface area contributed by atoms with Gasteiger partial charge in [0.05, 0.1) is 19.1 Å². The molecule has 1 N–H and O–H groups in total. The Morgan fingerprint density at radius 2 is 1.93 bits per heavy atom. The van der Waals surface area contributed by atoms with E-state index in [0.717, 1.165) is 25.0 Å². The lowest BCUT2D eigenvalue weighted by Gasteiger charge is -2.36. The van der Waals surface area contributed by atoms with Crippen LogP contribution in [0.25, 0.3) is 0 Å². The standard InChI is InChI=1S/C21H25F2N3O2S/c1-3-17-14-9-11-29-18(14)8-10-26(17)20(28)13-25(4-2)12-19(27)24-21-15(22)6-5-7-16(21)23/h5-7,9,11,17H,3-4,8,10,12-13H2,1-2H3,(H,24,27). The summed E-state index contributed by atoms with van der Waals surface area (Å²) < 4.78 is 27.5. The Labute approximate surface area is 173 Å². The van der Waals surface area contributed by atoms with E-state index < -0.39 is 23.2 Å². The Morgan fingerprint density at radius 1 is 1.21 bits per heavy atom. The van der Waals surface area contributed by atoms with E-state index in [-0.39, 0.29) is 25.0 Å². The number of anilines is 1. The highest BCUT2D eigenvalue weighted by Crippen LogP contribution is 2.35. The van der Waals surface area contributed by atoms with Crippen LogP contribution in [0.15, 0.2) is 29.6 Å². The molecule has 2 aromatic rings. The average Bonchev–Trinajstić information content (AvgIpc) is 3.18. The molecule has 0 saturated heterocycles. The second-order valence-corrected chi connectivity index (χ2v) is 8.01. The molecule has 156 valence electrons. The van der Waals surface area contributed by atoms with E-state index in [1.165, 1.54) is 16.5 Å². The number of fused-ring (bicyclic) bond motifs is 1. The van der Waals surface area contributed by atoms with E-state index in [1.54, 1.807) is 16.2 Å². The van der Waals surface area contributed by atoms with Crippen LogP contribution >= 0.6 is 11.3 Å². The molecule has 1 aliphatic rings. The Bertz CT molecular complexity index is 866. The summed E-state index contributed by atoms with van der Waals surface area (Å²) in [6, 6.07) is 5.54. The normalized spacial score (nSPS) is 16.0. The van der Waals surface area contributed by atoms with Crippen LogP contribution in [0.5, 0.6) is 0 Å². The fourth-order valence-electron chi connectivity index (χ4n) is 3.70. The van der Waals surface area contributed by atoms with E-state index in [4.69, 9.17) is 0 Å². The molecule has 2 heterocycles. The molecule has 1 atom stereocenters. The van der Waals surface area contributed by atoms with Crippen LogP contribution < -0.4 is 5.32 Å². The Hall–Kier alpha value is -2.32. The number of para-hydroxylation sites is 1. The highest BCUT2D eigenvalue weighted by molar-refractivity contribution is 7.10. The van der Waals surface area contributed by atoms with Crippen LogP contribution in [0, 0.1) is 11.6 Å². The third kappa shape index (κ3) is 4.82. The third-order valence-electron chi connectivity index (χ3n) is 5.20. The van der Waals surface area contributed by atoms with E-state index in [0.29, 0.717) is 13.1 Å². The largest absolute Gasteiger partial charge is 0.334 e. The maximum Gasteiger partial charge on any atom is 0.238 e. The van der Waals surface area contributed by atoms with Crippen molar-refractivity contribution < 1.29 is 18.4 Å². The number of rotatable bonds is 7. The first-order chi connectivity index (χ1) is 13.9. The van der Waals surface area contributed by atoms with Crippen molar-refractivity contribution in [3.05, 3.63) is 51.7 Å². The van der Waals surface area contributed by atoms with Gasteiger partial charge in [0.25, 0.3) is 0 Å². The van der Waals surface area contributed by atoms with E-state index in [9.17, 15) is 18.4 Å². The van der Waals surface area contributed by atoms with Crippen LogP contribution in [-0.2, 0) is 16.0 Å². The van der Waals surface area contributed by atoms with Crippen molar-refractivity contribution in [3.63, 3.8) is 0 Å². The first-order valence-corrected chi connectivity index (χ1v) is 10.6. The third-order valence-corrected chi connectivity index (χ3v) is 6.20. The molecule has 8 heteroatoms. The van der Waals surface area contributed by atoms with Crippen molar-refractivity contribution in [2.24, 2.45) is 0 Å². The molecule has 5 nitrogen and oxygen atoms in total. The molecule has 0 aliphatic carbocycles. The van der Waals surface area contributed by atoms with E-state index in [2.05, 4.69) is 23.7 Å². The minimum atomic E-state index is -0.830. The molecule has 2 amide bonds. The predicted octanol–water partition coefficient (Wildman–Crippen LogP) is 3.82. The number of benzene rings is 1. The number of likely N-dealkylation sites (N-methyl/N-ethyl adjacent to an activating group) is 1. The molecule has 0 spiro atoms. The van der Waals surface area contributed by atoms with Crippen LogP contribution in [0.1, 0.15) is 36.8 Å². The lowest BCUT2D eigenvalue weighted by atomic mass is 9.97. The lowest BCUT2D eigenvalue weighted by Crippen LogP contribution is -2.46. The van der Waals surface area contributed by atoms with Gasteiger partial charge < -0.3 is 10.2 Å². The molecule has 0 fully saturated rings. The molecule has 1 aromatic heterocycles. The Kier molecular flexibility index (Phi) is 6.97. The molecule has 0 saturated carbocycles. The number of carbonyl (C=O) groups is 2. The number of halogens is 2. The van der Waals surface area contributed by atoms with Crippen molar-refractivity contribution in [2.75, 3.05) is 31.5 Å². The lowest BCUT2D eigenvalue weighted by molar-refractivity contribution is -0.135. The minimum absolute atomic E-state index is 0.0413. The zero-order valence-corrected chi connectivity index (χ0v) is 17.4. The van der Waals surface area contributed by atoms with Crippen molar-refractivity contribution in [3.8, 4) is 0 Å². The SMILES string of the molecule is CCC1c2ccsc2CCN1C(=O)CN(CC)CC(=O)Nc1c(F)cccc1F. The number of hydrogen-bond donors (Lipinski definition) is 1. The molecule has 1 aliphatic heterocycles. The van der Waals surface area contributed by atoms with Crippen molar-refractivity contribution in [1.29, 1.82) is 0 Å². The van der Waals surface area contributed by atoms with Crippen molar-refractivity contribution in [2.45, 2.75) is 32.7 Å². The average molecular weight is 422 g/mol. The number of thiophene rings is 1. The maximum absolute atomic E-state index is 13.7. The summed E-state index contributed by atoms with van der Waals surface area (Å²) in [7, 11) is 0. The van der Waals surface area contributed by atoms with E-state index in [1.807, 2.05) is 11.8 Å². The second kappa shape index (κ2) is 9.45. The molecule has 1 aromatic carbocycles. The molecule has 0 radical (unpaired) electrons. The number of nitrogens with one attached hydrogen (secondary N) is 1. The molecular weight excluding hydrogens is 396 g/mol. The zero-order chi connectivity index (χ0) is 21.0. The maximum atomic E-state index is 13.7. The van der Waals surface area contributed by atoms with Crippen LogP contribution in [-0.4, -0.2) is 47.8 Å². The molecular formula is C21H25F2N3O2S. The molecule has 1 unspecified atom stereocenters. The summed E-state index contributed by atoms with van der Waals surface area (Å²) in [5.74, 6) is -2.26. The van der Waals surface area contributed by atoms with E-state index >= 15 is 0 Å². The Morgan fingerprint density at radius 3 is 2.59 bits per heavy atom. The fourth-order valence-corrected chi connectivity index (χ4v) is 4.62. The van der Waals surface area contributed by atoms with Gasteiger partial charge in [0, 0.05) is 11.4 Å². The van der Waals surface area contributed by atoms with Gasteiger partial charge >= 0.3 is 0 Å². The van der Waals surface area contributed by atoms with Gasteiger partial charge in [-0.15, -0.1) is 11.3 Å². The van der Waals surface area contributed by atoms with Crippen LogP contribution in [0.4, 0.5) is 14.5 Å². The fraction of sp³-hybridized carbons (Fsp3) is 0.429. The minimum Gasteiger partial charge on any atom is -0.334 e. The Balaban J connectivity index is 1.62. The second-order valence-electron chi connectivity index (χ2n) is 7.01. The van der Waals surface area contributed by atoms with Gasteiger partial charge in [-0.2, -0.15) is 0 Å². The number of carbonyl (C=O) groups excluding carboxylic acids is 2. The van der Waals surface area contributed by atoms with Gasteiger partial charge in [-0.25, -0.2) is 8.78 Å². The summed E-state index contributed by atoms with van der Waals surface area (Å²) in [6.07, 6.45) is 1.67. The zero-order valence-electron chi connectivity index (χ0n) is 16.6. The summed E-state index contributed by atoms with van der Waals surface area (Å²) in [4.78, 5) is 30.1. The summed E-state index contributed by atoms with van der Waals surface area (Å²) >= 11 is 1.73.